The van der Waals surface area contributed by atoms with Crippen LogP contribution in [0.4, 0.5) is 0 Å². The number of ether oxygens (including phenoxy) is 1. The minimum atomic E-state index is -3.57. The van der Waals surface area contributed by atoms with E-state index >= 15 is 0 Å². The number of carbonyl (C=O) groups is 1. The summed E-state index contributed by atoms with van der Waals surface area (Å²) in [4.78, 5) is 17.0. The van der Waals surface area contributed by atoms with Crippen LogP contribution in [0.5, 0.6) is 5.75 Å². The second kappa shape index (κ2) is 11.0. The first kappa shape index (κ1) is 24.9. The molecule has 9 nitrogen and oxygen atoms in total. The molecule has 1 aliphatic heterocycles. The number of piperidine rings is 1. The van der Waals surface area contributed by atoms with Gasteiger partial charge in [-0.1, -0.05) is 35.3 Å². The number of nitrogens with one attached hydrogen (secondary N) is 1. The molecule has 1 aromatic heterocycles. The number of aromatic nitrogens is 2. The third-order valence-electron chi connectivity index (χ3n) is 6.01. The maximum absolute atomic E-state index is 13.0. The largest absolute Gasteiger partial charge is 0.496 e. The summed E-state index contributed by atoms with van der Waals surface area (Å²) in [6.45, 7) is 3.16. The second-order valence-corrected chi connectivity index (χ2v) is 10.5. The third kappa shape index (κ3) is 6.07. The molecule has 1 fully saturated rings. The van der Waals surface area contributed by atoms with Crippen LogP contribution < -0.4 is 10.1 Å². The molecule has 0 bridgehead atoms. The minimum absolute atomic E-state index is 0.109. The molecule has 1 amide bonds. The van der Waals surface area contributed by atoms with Gasteiger partial charge in [-0.25, -0.2) is 8.42 Å². The molecule has 35 heavy (non-hydrogen) atoms. The lowest BCUT2D eigenvalue weighted by Crippen LogP contribution is -2.35. The van der Waals surface area contributed by atoms with Gasteiger partial charge in [0.2, 0.25) is 27.6 Å². The van der Waals surface area contributed by atoms with Crippen LogP contribution in [0.3, 0.4) is 0 Å². The number of hydrogen-bond acceptors (Lipinski definition) is 7. The van der Waals surface area contributed by atoms with Gasteiger partial charge in [0.25, 0.3) is 0 Å². The lowest BCUT2D eigenvalue weighted by molar-refractivity contribution is -0.121. The van der Waals surface area contributed by atoms with Crippen molar-refractivity contribution in [1.29, 1.82) is 0 Å². The number of rotatable bonds is 9. The zero-order chi connectivity index (χ0) is 24.8. The number of aryl methyl sites for hydroxylation is 2. The molecule has 0 unspecified atom stereocenters. The van der Waals surface area contributed by atoms with Gasteiger partial charge in [-0.15, -0.1) is 0 Å². The maximum atomic E-state index is 13.0. The first-order valence-corrected chi connectivity index (χ1v) is 13.1. The summed E-state index contributed by atoms with van der Waals surface area (Å²) < 4.78 is 38.3. The topological polar surface area (TPSA) is 115 Å². The molecule has 1 aliphatic rings. The number of benzene rings is 2. The fourth-order valence-electron chi connectivity index (χ4n) is 4.10. The Morgan fingerprint density at radius 1 is 1.14 bits per heavy atom. The van der Waals surface area contributed by atoms with Crippen molar-refractivity contribution in [2.75, 3.05) is 20.2 Å². The SMILES string of the molecule is COc1ccc(S(=O)(=O)N2CCCCC2)cc1CCC(=O)NCc1nc(-c2cccc(C)c2)no1. The average molecular weight is 499 g/mol. The third-order valence-corrected chi connectivity index (χ3v) is 7.90. The van der Waals surface area contributed by atoms with Crippen LogP contribution in [0.2, 0.25) is 0 Å². The van der Waals surface area contributed by atoms with E-state index in [-0.39, 0.29) is 23.8 Å². The van der Waals surface area contributed by atoms with E-state index < -0.39 is 10.0 Å². The standard InChI is InChI=1S/C25H30N4O5S/c1-18-7-6-8-20(15-18)25-27-24(34-28-25)17-26-23(30)12-9-19-16-21(10-11-22(19)33-2)35(31,32)29-13-4-3-5-14-29/h6-8,10-11,15-16H,3-5,9,12-14,17H2,1-2H3,(H,26,30). The van der Waals surface area contributed by atoms with Crippen molar-refractivity contribution in [3.63, 3.8) is 0 Å². The average Bonchev–Trinajstić information content (AvgIpc) is 3.36. The molecule has 3 aromatic rings. The quantitative estimate of drug-likeness (QED) is 0.480. The molecule has 0 aliphatic carbocycles. The van der Waals surface area contributed by atoms with Crippen molar-refractivity contribution in [3.8, 4) is 17.1 Å². The van der Waals surface area contributed by atoms with Crippen LogP contribution in [0, 0.1) is 6.92 Å². The van der Waals surface area contributed by atoms with Gasteiger partial charge >= 0.3 is 0 Å². The van der Waals surface area contributed by atoms with Gasteiger partial charge in [0, 0.05) is 25.1 Å². The van der Waals surface area contributed by atoms with Crippen LogP contribution in [0.15, 0.2) is 51.9 Å². The van der Waals surface area contributed by atoms with Crippen molar-refractivity contribution in [1.82, 2.24) is 19.8 Å². The number of sulfonamides is 1. The minimum Gasteiger partial charge on any atom is -0.496 e. The van der Waals surface area contributed by atoms with Gasteiger partial charge < -0.3 is 14.6 Å². The van der Waals surface area contributed by atoms with E-state index in [2.05, 4.69) is 15.5 Å². The number of amides is 1. The van der Waals surface area contributed by atoms with Crippen molar-refractivity contribution < 1.29 is 22.5 Å². The normalized spacial score (nSPS) is 14.6. The lowest BCUT2D eigenvalue weighted by Gasteiger charge is -2.26. The molecule has 0 saturated carbocycles. The van der Waals surface area contributed by atoms with E-state index in [0.29, 0.717) is 42.5 Å². The van der Waals surface area contributed by atoms with Crippen molar-refractivity contribution in [2.24, 2.45) is 0 Å². The Kier molecular flexibility index (Phi) is 7.82. The van der Waals surface area contributed by atoms with Crippen molar-refractivity contribution in [2.45, 2.75) is 50.5 Å². The summed E-state index contributed by atoms with van der Waals surface area (Å²) in [5.74, 6) is 1.11. The Hall–Kier alpha value is -3.24. The zero-order valence-corrected chi connectivity index (χ0v) is 20.8. The van der Waals surface area contributed by atoms with Gasteiger partial charge in [-0.3, -0.25) is 4.79 Å². The highest BCUT2D eigenvalue weighted by Gasteiger charge is 2.26. The summed E-state index contributed by atoms with van der Waals surface area (Å²) >= 11 is 0. The fourth-order valence-corrected chi connectivity index (χ4v) is 5.67. The Morgan fingerprint density at radius 2 is 1.94 bits per heavy atom. The highest BCUT2D eigenvalue weighted by atomic mass is 32.2. The number of hydrogen-bond donors (Lipinski definition) is 1. The molecular weight excluding hydrogens is 468 g/mol. The highest BCUT2D eigenvalue weighted by Crippen LogP contribution is 2.27. The van der Waals surface area contributed by atoms with Gasteiger partial charge in [0.05, 0.1) is 18.6 Å². The van der Waals surface area contributed by atoms with Gasteiger partial charge in [-0.05, 0) is 56.0 Å². The number of nitrogens with zero attached hydrogens (tertiary/aromatic N) is 3. The van der Waals surface area contributed by atoms with E-state index in [1.165, 1.54) is 11.4 Å². The maximum Gasteiger partial charge on any atom is 0.246 e. The van der Waals surface area contributed by atoms with E-state index in [1.807, 2.05) is 31.2 Å². The summed E-state index contributed by atoms with van der Waals surface area (Å²) in [6.07, 6.45) is 3.27. The Bertz CT molecular complexity index is 1280. The summed E-state index contributed by atoms with van der Waals surface area (Å²) in [7, 11) is -2.04. The van der Waals surface area contributed by atoms with E-state index in [4.69, 9.17) is 9.26 Å². The first-order valence-electron chi connectivity index (χ1n) is 11.7. The lowest BCUT2D eigenvalue weighted by atomic mass is 10.1. The second-order valence-electron chi connectivity index (χ2n) is 8.60. The highest BCUT2D eigenvalue weighted by molar-refractivity contribution is 7.89. The molecule has 1 saturated heterocycles. The molecule has 10 heteroatoms. The van der Waals surface area contributed by atoms with Crippen LogP contribution in [-0.2, 0) is 27.8 Å². The van der Waals surface area contributed by atoms with E-state index in [1.54, 1.807) is 18.2 Å². The molecular formula is C25H30N4O5S. The zero-order valence-electron chi connectivity index (χ0n) is 20.0. The van der Waals surface area contributed by atoms with Crippen LogP contribution >= 0.6 is 0 Å². The number of methoxy groups -OCH3 is 1. The summed E-state index contributed by atoms with van der Waals surface area (Å²) in [5, 5.41) is 6.76. The van der Waals surface area contributed by atoms with Gasteiger partial charge in [0.15, 0.2) is 0 Å². The molecule has 4 rings (SSSR count). The smallest absolute Gasteiger partial charge is 0.246 e. The summed E-state index contributed by atoms with van der Waals surface area (Å²) in [5.41, 5.74) is 2.60. The Morgan fingerprint density at radius 3 is 2.69 bits per heavy atom. The van der Waals surface area contributed by atoms with Gasteiger partial charge in [-0.2, -0.15) is 9.29 Å². The molecule has 1 N–H and O–H groups in total. The first-order chi connectivity index (χ1) is 16.9. The predicted octanol–water partition coefficient (Wildman–Crippen LogP) is 3.48. The van der Waals surface area contributed by atoms with Crippen molar-refractivity contribution in [3.05, 3.63) is 59.5 Å². The van der Waals surface area contributed by atoms with Crippen LogP contribution in [0.1, 0.15) is 42.7 Å². The van der Waals surface area contributed by atoms with Gasteiger partial charge in [0.1, 0.15) is 5.75 Å². The number of carbonyl (C=O) groups excluding carboxylic acids is 1. The fraction of sp³-hybridized carbons (Fsp3) is 0.400. The molecule has 186 valence electrons. The predicted molar refractivity (Wildman–Crippen MR) is 130 cm³/mol. The summed E-state index contributed by atoms with van der Waals surface area (Å²) in [6, 6.07) is 12.6. The van der Waals surface area contributed by atoms with Crippen LogP contribution in [0.25, 0.3) is 11.4 Å². The van der Waals surface area contributed by atoms with Crippen molar-refractivity contribution >= 4 is 15.9 Å². The Labute approximate surface area is 205 Å². The van der Waals surface area contributed by atoms with E-state index in [9.17, 15) is 13.2 Å². The molecule has 2 heterocycles. The molecule has 0 spiro atoms. The molecule has 2 aromatic carbocycles. The molecule has 0 atom stereocenters. The van der Waals surface area contributed by atoms with Crippen LogP contribution in [-0.4, -0.2) is 49.0 Å². The monoisotopic (exact) mass is 498 g/mol. The molecule has 0 radical (unpaired) electrons. The van der Waals surface area contributed by atoms with E-state index in [0.717, 1.165) is 30.4 Å². The Balaban J connectivity index is 1.36.